The molecule has 0 radical (unpaired) electrons. The second-order valence-corrected chi connectivity index (χ2v) is 15.5. The fourth-order valence-corrected chi connectivity index (χ4v) is 8.14. The van der Waals surface area contributed by atoms with Gasteiger partial charge in [0.05, 0.1) is 0 Å². The van der Waals surface area contributed by atoms with Crippen molar-refractivity contribution in [3.05, 3.63) is 179 Å². The number of fused-ring (bicyclic) bond motifs is 1. The van der Waals surface area contributed by atoms with Gasteiger partial charge in [0.1, 0.15) is 0 Å². The predicted octanol–water partition coefficient (Wildman–Crippen LogP) is 9.38. The fraction of sp³-hybridized carbons (Fsp3) is 0.106. The zero-order valence-corrected chi connectivity index (χ0v) is 32.6. The molecule has 0 bridgehead atoms. The third kappa shape index (κ3) is 6.90. The van der Waals surface area contributed by atoms with Gasteiger partial charge in [-0.25, -0.2) is 0 Å². The van der Waals surface area contributed by atoms with E-state index in [-0.39, 0.29) is 12.1 Å². The van der Waals surface area contributed by atoms with E-state index in [0.29, 0.717) is 5.88 Å². The minimum absolute atomic E-state index is 0.0199. The number of nitrogens with zero attached hydrogens (tertiary/aromatic N) is 3. The molecular formula is C47H40BN3OPt. The molecule has 0 spiro atoms. The van der Waals surface area contributed by atoms with Crippen LogP contribution in [0, 0.1) is 3.80 Å². The molecule has 4 nitrogen and oxygen atoms in total. The number of hydrogen-bond acceptors (Lipinski definition) is 2. The molecule has 2 heterocycles. The average Bonchev–Trinajstić information content (AvgIpc) is 3.44. The Morgan fingerprint density at radius 1 is 0.604 bits per heavy atom. The van der Waals surface area contributed by atoms with Crippen molar-refractivity contribution in [2.24, 2.45) is 7.05 Å². The quantitative estimate of drug-likeness (QED) is 0.143. The van der Waals surface area contributed by atoms with Crippen molar-refractivity contribution in [2.75, 3.05) is 0 Å². The molecule has 8 rings (SSSR count). The van der Waals surface area contributed by atoms with Crippen LogP contribution in [0.1, 0.15) is 26.3 Å². The predicted molar refractivity (Wildman–Crippen MR) is 217 cm³/mol. The van der Waals surface area contributed by atoms with E-state index >= 15 is 0 Å². The summed E-state index contributed by atoms with van der Waals surface area (Å²) in [6, 6.07) is 58.5. The standard InChI is InChI=1S/C47H40BN3O.Pt/c1-47(2,3)36-28-29-49-45(30-36)52-40-23-14-21-38(32-40)48(37-20-13-22-39(31-37)51-33-50(4)43-26-11-12-27-44(43)51)46-41(34-16-7-5-8-17-34)24-15-25-42(46)35-18-9-6-10-19-35;/h5-32H,1-4H3;. The molecule has 0 unspecified atom stereocenters. The molecule has 0 fully saturated rings. The Bertz CT molecular complexity index is 2560. The Hall–Kier alpha value is -5.51. The van der Waals surface area contributed by atoms with Crippen molar-refractivity contribution in [3.63, 3.8) is 0 Å². The van der Waals surface area contributed by atoms with Crippen LogP contribution in [0.4, 0.5) is 0 Å². The molecule has 262 valence electrons. The van der Waals surface area contributed by atoms with Crippen LogP contribution in [0.15, 0.2) is 170 Å². The van der Waals surface area contributed by atoms with E-state index < -0.39 is 0 Å². The molecule has 0 aliphatic rings. The van der Waals surface area contributed by atoms with Crippen LogP contribution in [0.25, 0.3) is 39.0 Å². The van der Waals surface area contributed by atoms with Gasteiger partial charge in [0.15, 0.2) is 0 Å². The van der Waals surface area contributed by atoms with Crippen molar-refractivity contribution >= 4 is 34.1 Å². The molecule has 0 amide bonds. The third-order valence-electron chi connectivity index (χ3n) is 9.95. The molecular weight excluding hydrogens is 828 g/mol. The Morgan fingerprint density at radius 3 is 1.85 bits per heavy atom. The summed E-state index contributed by atoms with van der Waals surface area (Å²) in [6.45, 7) is 6.47. The molecule has 2 aromatic heterocycles. The number of para-hydroxylation sites is 2. The first-order chi connectivity index (χ1) is 25.8. The van der Waals surface area contributed by atoms with E-state index in [1.54, 1.807) is 0 Å². The molecule has 6 aromatic carbocycles. The van der Waals surface area contributed by atoms with E-state index in [1.807, 2.05) is 12.3 Å². The van der Waals surface area contributed by atoms with Gasteiger partial charge in [0.2, 0.25) is 0 Å². The number of benzene rings is 6. The van der Waals surface area contributed by atoms with Gasteiger partial charge < -0.3 is 0 Å². The van der Waals surface area contributed by atoms with Crippen molar-refractivity contribution in [2.45, 2.75) is 26.2 Å². The molecule has 0 saturated carbocycles. The van der Waals surface area contributed by atoms with Crippen molar-refractivity contribution in [1.82, 2.24) is 14.1 Å². The van der Waals surface area contributed by atoms with E-state index in [9.17, 15) is 0 Å². The second-order valence-electron chi connectivity index (χ2n) is 14.5. The Morgan fingerprint density at radius 2 is 1.19 bits per heavy atom. The zero-order valence-electron chi connectivity index (χ0n) is 30.3. The number of ether oxygens (including phenoxy) is 1. The summed E-state index contributed by atoms with van der Waals surface area (Å²) in [7, 11) is 2.13. The number of rotatable bonds is 8. The molecule has 53 heavy (non-hydrogen) atoms. The summed E-state index contributed by atoms with van der Waals surface area (Å²) in [6.07, 6.45) is 1.84. The Balaban J connectivity index is 1.37. The molecule has 0 saturated heterocycles. The molecule has 0 N–H and O–H groups in total. The summed E-state index contributed by atoms with van der Waals surface area (Å²) in [5, 5.41) is 0. The Labute approximate surface area is 322 Å². The van der Waals surface area contributed by atoms with Crippen molar-refractivity contribution in [3.8, 4) is 39.6 Å². The van der Waals surface area contributed by atoms with Crippen LogP contribution in [0.5, 0.6) is 11.6 Å². The minimum atomic E-state index is -0.146. The molecule has 6 heteroatoms. The fourth-order valence-electron chi connectivity index (χ4n) is 7.30. The van der Waals surface area contributed by atoms with Gasteiger partial charge in [0.25, 0.3) is 0 Å². The maximum atomic E-state index is 6.55. The zero-order chi connectivity index (χ0) is 36.5. The summed E-state index contributed by atoms with van der Waals surface area (Å²) in [5.41, 5.74) is 12.9. The van der Waals surface area contributed by atoms with Crippen LogP contribution in [0.2, 0.25) is 0 Å². The second kappa shape index (κ2) is 14.5. The Kier molecular flexibility index (Phi) is 9.45. The van der Waals surface area contributed by atoms with Crippen molar-refractivity contribution < 1.29 is 24.1 Å². The SMILES string of the molecule is Cn1[c](=[Pt])n(-c2cccc(B(c3cccc(Oc4cc(C(C)(C)C)ccn4)c3)c3c(-c4ccccc4)cccc3-c3ccccc3)c2)c2ccccc21. The van der Waals surface area contributed by atoms with Gasteiger partial charge in [-0.1, -0.05) is 20.8 Å². The number of aromatic nitrogens is 3. The number of pyridine rings is 1. The molecule has 8 aromatic rings. The van der Waals surface area contributed by atoms with Crippen LogP contribution >= 0.6 is 0 Å². The van der Waals surface area contributed by atoms with Gasteiger partial charge in [0, 0.05) is 6.20 Å². The first-order valence-electron chi connectivity index (χ1n) is 18.0. The number of hydrogen-bond donors (Lipinski definition) is 0. The van der Waals surface area contributed by atoms with Crippen LogP contribution in [-0.2, 0) is 31.8 Å². The number of aryl methyl sites for hydroxylation is 1. The topological polar surface area (TPSA) is 32.0 Å². The van der Waals surface area contributed by atoms with Crippen LogP contribution in [-0.4, -0.2) is 20.8 Å². The molecule has 0 atom stereocenters. The third-order valence-corrected chi connectivity index (χ3v) is 11.2. The summed E-state index contributed by atoms with van der Waals surface area (Å²) in [4.78, 5) is 4.60. The van der Waals surface area contributed by atoms with Gasteiger partial charge in [-0.3, -0.25) is 0 Å². The van der Waals surface area contributed by atoms with E-state index in [2.05, 4.69) is 219 Å². The number of imidazole rings is 1. The van der Waals surface area contributed by atoms with Crippen molar-refractivity contribution in [1.29, 1.82) is 0 Å². The van der Waals surface area contributed by atoms with E-state index in [0.717, 1.165) is 20.7 Å². The van der Waals surface area contributed by atoms with Gasteiger partial charge in [-0.05, 0) is 17.0 Å². The van der Waals surface area contributed by atoms with Gasteiger partial charge in [-0.15, -0.1) is 0 Å². The first-order valence-corrected chi connectivity index (χ1v) is 19.1. The average molecular weight is 869 g/mol. The van der Waals surface area contributed by atoms with Crippen LogP contribution < -0.4 is 21.1 Å². The maximum absolute atomic E-state index is 6.55. The summed E-state index contributed by atoms with van der Waals surface area (Å²) < 4.78 is 12.3. The molecule has 0 aliphatic carbocycles. The van der Waals surface area contributed by atoms with E-state index in [4.69, 9.17) is 4.74 Å². The van der Waals surface area contributed by atoms with Crippen LogP contribution in [0.3, 0.4) is 0 Å². The summed E-state index contributed by atoms with van der Waals surface area (Å²) in [5.74, 6) is 1.34. The van der Waals surface area contributed by atoms with Gasteiger partial charge >= 0.3 is 280 Å². The molecule has 0 aliphatic heterocycles. The first kappa shape index (κ1) is 34.6. The summed E-state index contributed by atoms with van der Waals surface area (Å²) >= 11 is 2.44. The normalized spacial score (nSPS) is 11.5. The van der Waals surface area contributed by atoms with E-state index in [1.165, 1.54) is 49.8 Å². The monoisotopic (exact) mass is 868 g/mol. The van der Waals surface area contributed by atoms with Gasteiger partial charge in [-0.2, -0.15) is 0 Å².